The van der Waals surface area contributed by atoms with Crippen LogP contribution in [0.2, 0.25) is 5.02 Å². The van der Waals surface area contributed by atoms with Gasteiger partial charge in [0.1, 0.15) is 12.4 Å². The van der Waals surface area contributed by atoms with E-state index in [-0.39, 0.29) is 5.91 Å². The van der Waals surface area contributed by atoms with Crippen molar-refractivity contribution in [1.82, 2.24) is 4.90 Å². The molecule has 0 spiro atoms. The van der Waals surface area contributed by atoms with Gasteiger partial charge in [-0.2, -0.15) is 0 Å². The van der Waals surface area contributed by atoms with E-state index < -0.39 is 0 Å². The highest BCUT2D eigenvalue weighted by Gasteiger charge is 2.20. The van der Waals surface area contributed by atoms with E-state index in [1.54, 1.807) is 42.3 Å². The maximum absolute atomic E-state index is 12.6. The summed E-state index contributed by atoms with van der Waals surface area (Å²) in [7, 11) is 1.73. The van der Waals surface area contributed by atoms with Crippen LogP contribution < -0.4 is 4.74 Å². The van der Waals surface area contributed by atoms with Gasteiger partial charge in [0, 0.05) is 17.6 Å². The number of carbonyl (C=O) groups is 1. The van der Waals surface area contributed by atoms with E-state index in [2.05, 4.69) is 0 Å². The van der Waals surface area contributed by atoms with Crippen LogP contribution in [0.15, 0.2) is 71.3 Å². The van der Waals surface area contributed by atoms with E-state index in [9.17, 15) is 4.79 Å². The van der Waals surface area contributed by atoms with E-state index in [1.807, 2.05) is 30.3 Å². The van der Waals surface area contributed by atoms with Crippen molar-refractivity contribution in [2.45, 2.75) is 0 Å². The van der Waals surface area contributed by atoms with Crippen LogP contribution in [0.25, 0.3) is 11.1 Å². The number of likely N-dealkylation sites (N-methyl/N-ethyl adjacent to an activating group) is 1. The predicted octanol–water partition coefficient (Wildman–Crippen LogP) is 4.75. The maximum atomic E-state index is 12.6. The number of furan rings is 1. The lowest BCUT2D eigenvalue weighted by Crippen LogP contribution is -2.30. The first-order valence-electron chi connectivity index (χ1n) is 7.92. The molecule has 3 aromatic rings. The number of nitrogens with zero attached hydrogens (tertiary/aromatic N) is 1. The van der Waals surface area contributed by atoms with Crippen molar-refractivity contribution in [3.63, 3.8) is 0 Å². The topological polar surface area (TPSA) is 42.7 Å². The first kappa shape index (κ1) is 17.1. The highest BCUT2D eigenvalue weighted by atomic mass is 35.5. The summed E-state index contributed by atoms with van der Waals surface area (Å²) in [4.78, 5) is 14.2. The fourth-order valence-corrected chi connectivity index (χ4v) is 2.55. The van der Waals surface area contributed by atoms with Gasteiger partial charge >= 0.3 is 0 Å². The quantitative estimate of drug-likeness (QED) is 0.640. The van der Waals surface area contributed by atoms with Crippen LogP contribution in [0.5, 0.6) is 5.75 Å². The molecule has 5 heteroatoms. The van der Waals surface area contributed by atoms with Crippen LogP contribution in [0, 0.1) is 0 Å². The lowest BCUT2D eigenvalue weighted by atomic mass is 10.1. The van der Waals surface area contributed by atoms with Gasteiger partial charge in [0.25, 0.3) is 5.91 Å². The minimum Gasteiger partial charge on any atom is -0.492 e. The summed E-state index contributed by atoms with van der Waals surface area (Å²) in [6, 6.07) is 18.6. The van der Waals surface area contributed by atoms with Crippen molar-refractivity contribution in [2.75, 3.05) is 20.2 Å². The number of hydrogen-bond acceptors (Lipinski definition) is 3. The number of amides is 1. The van der Waals surface area contributed by atoms with Crippen molar-refractivity contribution in [2.24, 2.45) is 0 Å². The lowest BCUT2D eigenvalue weighted by Gasteiger charge is -2.17. The third kappa shape index (κ3) is 4.22. The Morgan fingerprint density at radius 1 is 1.08 bits per heavy atom. The molecule has 0 fully saturated rings. The smallest absolute Gasteiger partial charge is 0.290 e. The lowest BCUT2D eigenvalue weighted by molar-refractivity contribution is 0.0743. The fourth-order valence-electron chi connectivity index (χ4n) is 2.43. The van der Waals surface area contributed by atoms with Crippen molar-refractivity contribution in [3.05, 3.63) is 77.7 Å². The Bertz CT molecular complexity index is 828. The zero-order chi connectivity index (χ0) is 17.6. The Labute approximate surface area is 151 Å². The van der Waals surface area contributed by atoms with Gasteiger partial charge < -0.3 is 14.1 Å². The first-order valence-corrected chi connectivity index (χ1v) is 8.29. The molecule has 3 rings (SSSR count). The van der Waals surface area contributed by atoms with Crippen molar-refractivity contribution < 1.29 is 13.9 Å². The summed E-state index contributed by atoms with van der Waals surface area (Å²) in [6.07, 6.45) is 1.54. The summed E-state index contributed by atoms with van der Waals surface area (Å²) in [5.41, 5.74) is 1.74. The van der Waals surface area contributed by atoms with Gasteiger partial charge in [-0.05, 0) is 35.9 Å². The van der Waals surface area contributed by atoms with Gasteiger partial charge in [0.2, 0.25) is 0 Å². The average Bonchev–Trinajstić information content (AvgIpc) is 3.13. The number of hydrogen-bond donors (Lipinski definition) is 0. The molecule has 0 aliphatic carbocycles. The zero-order valence-electron chi connectivity index (χ0n) is 13.8. The van der Waals surface area contributed by atoms with Crippen LogP contribution in [0.1, 0.15) is 10.6 Å². The standard InChI is InChI=1S/C20H18ClNO3/c1-22(12-14-24-17-9-7-16(21)8-10-17)20(23)19-18(11-13-25-19)15-5-3-2-4-6-15/h2-11,13H,12,14H2,1H3. The van der Waals surface area contributed by atoms with E-state index in [4.69, 9.17) is 20.8 Å². The van der Waals surface area contributed by atoms with Crippen LogP contribution in [0.3, 0.4) is 0 Å². The highest BCUT2D eigenvalue weighted by molar-refractivity contribution is 6.30. The van der Waals surface area contributed by atoms with Gasteiger partial charge in [0.15, 0.2) is 5.76 Å². The molecular formula is C20H18ClNO3. The van der Waals surface area contributed by atoms with Crippen molar-refractivity contribution >= 4 is 17.5 Å². The molecular weight excluding hydrogens is 338 g/mol. The van der Waals surface area contributed by atoms with E-state index in [0.717, 1.165) is 11.1 Å². The molecule has 0 aliphatic heterocycles. The first-order chi connectivity index (χ1) is 12.1. The molecule has 0 N–H and O–H groups in total. The minimum atomic E-state index is -0.177. The summed E-state index contributed by atoms with van der Waals surface area (Å²) in [5.74, 6) is 0.872. The third-order valence-electron chi connectivity index (χ3n) is 3.80. The largest absolute Gasteiger partial charge is 0.492 e. The Balaban J connectivity index is 1.61. The molecule has 2 aromatic carbocycles. The Morgan fingerprint density at radius 2 is 1.80 bits per heavy atom. The average molecular weight is 356 g/mol. The molecule has 128 valence electrons. The molecule has 1 amide bonds. The van der Waals surface area contributed by atoms with Gasteiger partial charge in [-0.25, -0.2) is 0 Å². The third-order valence-corrected chi connectivity index (χ3v) is 4.05. The Hall–Kier alpha value is -2.72. The summed E-state index contributed by atoms with van der Waals surface area (Å²) in [5, 5.41) is 0.658. The van der Waals surface area contributed by atoms with Crippen molar-refractivity contribution in [1.29, 1.82) is 0 Å². The zero-order valence-corrected chi connectivity index (χ0v) is 14.6. The second-order valence-corrected chi connectivity index (χ2v) is 5.99. The SMILES string of the molecule is CN(CCOc1ccc(Cl)cc1)C(=O)c1occc1-c1ccccc1. The van der Waals surface area contributed by atoms with E-state index >= 15 is 0 Å². The summed E-state index contributed by atoms with van der Waals surface area (Å²) >= 11 is 5.84. The number of rotatable bonds is 6. The van der Waals surface area contributed by atoms with Gasteiger partial charge in [-0.1, -0.05) is 41.9 Å². The number of benzene rings is 2. The number of carbonyl (C=O) groups excluding carboxylic acids is 1. The summed E-state index contributed by atoms with van der Waals surface area (Å²) in [6.45, 7) is 0.821. The second kappa shape index (κ2) is 7.90. The number of ether oxygens (including phenoxy) is 1. The van der Waals surface area contributed by atoms with Crippen LogP contribution in [-0.2, 0) is 0 Å². The number of halogens is 1. The Kier molecular flexibility index (Phi) is 5.41. The molecule has 0 atom stereocenters. The van der Waals surface area contributed by atoms with Gasteiger partial charge in [-0.3, -0.25) is 4.79 Å². The Morgan fingerprint density at radius 3 is 2.52 bits per heavy atom. The van der Waals surface area contributed by atoms with Gasteiger partial charge in [0.05, 0.1) is 12.8 Å². The normalized spacial score (nSPS) is 10.5. The van der Waals surface area contributed by atoms with E-state index in [0.29, 0.717) is 29.7 Å². The minimum absolute atomic E-state index is 0.177. The molecule has 0 bridgehead atoms. The fraction of sp³-hybridized carbons (Fsp3) is 0.150. The maximum Gasteiger partial charge on any atom is 0.290 e. The van der Waals surface area contributed by atoms with Crippen LogP contribution in [-0.4, -0.2) is 31.0 Å². The predicted molar refractivity (Wildman–Crippen MR) is 98.1 cm³/mol. The molecule has 1 aromatic heterocycles. The molecule has 0 unspecified atom stereocenters. The van der Waals surface area contributed by atoms with Crippen LogP contribution in [0.4, 0.5) is 0 Å². The van der Waals surface area contributed by atoms with Crippen molar-refractivity contribution in [3.8, 4) is 16.9 Å². The van der Waals surface area contributed by atoms with Gasteiger partial charge in [-0.15, -0.1) is 0 Å². The molecule has 0 saturated heterocycles. The monoisotopic (exact) mass is 355 g/mol. The molecule has 0 radical (unpaired) electrons. The molecule has 25 heavy (non-hydrogen) atoms. The molecule has 1 heterocycles. The van der Waals surface area contributed by atoms with E-state index in [1.165, 1.54) is 6.26 Å². The molecule has 0 saturated carbocycles. The van der Waals surface area contributed by atoms with Crippen LogP contribution >= 0.6 is 11.6 Å². The second-order valence-electron chi connectivity index (χ2n) is 5.56. The molecule has 4 nitrogen and oxygen atoms in total. The molecule has 0 aliphatic rings. The summed E-state index contributed by atoms with van der Waals surface area (Å²) < 4.78 is 11.1. The highest BCUT2D eigenvalue weighted by Crippen LogP contribution is 2.25.